The van der Waals surface area contributed by atoms with Gasteiger partial charge in [-0.2, -0.15) is 0 Å². The van der Waals surface area contributed by atoms with E-state index in [2.05, 4.69) is 46.5 Å². The predicted molar refractivity (Wildman–Crippen MR) is 90.2 cm³/mol. The second-order valence-electron chi connectivity index (χ2n) is 6.26. The number of hydrogen-bond donors (Lipinski definition) is 0. The van der Waals surface area contributed by atoms with Crippen LogP contribution in [0.5, 0.6) is 0 Å². The minimum Gasteiger partial charge on any atom is -0.438 e. The molecule has 0 saturated heterocycles. The van der Waals surface area contributed by atoms with E-state index < -0.39 is 14.2 Å². The van der Waals surface area contributed by atoms with Gasteiger partial charge < -0.3 is 9.47 Å². The normalized spacial score (nSPS) is 11.9. The SMILES string of the molecule is CCOC(=O)OC[Si](C)(C)C(C)(C)[Si]C[Si]C=C(C)C. The molecule has 0 aromatic carbocycles. The van der Waals surface area contributed by atoms with Gasteiger partial charge in [0.2, 0.25) is 0 Å². The van der Waals surface area contributed by atoms with E-state index in [9.17, 15) is 4.79 Å². The summed E-state index contributed by atoms with van der Waals surface area (Å²) in [5.41, 5.74) is 4.97. The Balaban J connectivity index is 4.33. The zero-order valence-electron chi connectivity index (χ0n) is 13.9. The summed E-state index contributed by atoms with van der Waals surface area (Å²) in [5, 5.41) is 0. The van der Waals surface area contributed by atoms with Gasteiger partial charge in [0.05, 0.1) is 30.4 Å². The van der Waals surface area contributed by atoms with Crippen LogP contribution in [0.3, 0.4) is 0 Å². The lowest BCUT2D eigenvalue weighted by Gasteiger charge is -2.39. The molecule has 0 heterocycles. The molecule has 20 heavy (non-hydrogen) atoms. The molecule has 0 atom stereocenters. The molecule has 0 aromatic heterocycles. The quantitative estimate of drug-likeness (QED) is 0.386. The number of hydrogen-bond acceptors (Lipinski definition) is 3. The third-order valence-electron chi connectivity index (χ3n) is 3.53. The number of carbonyl (C=O) groups is 1. The van der Waals surface area contributed by atoms with Gasteiger partial charge in [0.15, 0.2) is 0 Å². The molecule has 3 nitrogen and oxygen atoms in total. The Labute approximate surface area is 130 Å². The first-order chi connectivity index (χ1) is 9.12. The maximum Gasteiger partial charge on any atom is 0.507 e. The predicted octanol–water partition coefficient (Wildman–Crippen LogP) is 3.85. The minimum absolute atomic E-state index is 0.280. The average Bonchev–Trinajstić information content (AvgIpc) is 2.32. The number of carbonyl (C=O) groups excluding carboxylic acids is 1. The Morgan fingerprint density at radius 1 is 1.25 bits per heavy atom. The molecule has 0 aromatic rings. The Hall–Kier alpha value is -0.339. The van der Waals surface area contributed by atoms with E-state index >= 15 is 0 Å². The topological polar surface area (TPSA) is 35.5 Å². The molecular weight excluding hydrogens is 300 g/mol. The first-order valence-electron chi connectivity index (χ1n) is 7.03. The summed E-state index contributed by atoms with van der Waals surface area (Å²) >= 11 is 0. The van der Waals surface area contributed by atoms with Crippen LogP contribution in [0.4, 0.5) is 4.79 Å². The zero-order valence-corrected chi connectivity index (χ0v) is 16.9. The molecule has 0 aliphatic carbocycles. The molecule has 0 rings (SSSR count). The number of ether oxygens (including phenoxy) is 2. The third-order valence-corrected chi connectivity index (χ3v) is 13.5. The van der Waals surface area contributed by atoms with Crippen molar-refractivity contribution in [3.05, 3.63) is 11.3 Å². The Morgan fingerprint density at radius 2 is 1.85 bits per heavy atom. The first kappa shape index (κ1) is 19.7. The van der Waals surface area contributed by atoms with E-state index in [4.69, 9.17) is 9.47 Å². The van der Waals surface area contributed by atoms with Gasteiger partial charge in [0.25, 0.3) is 0 Å². The Morgan fingerprint density at radius 3 is 2.35 bits per heavy atom. The lowest BCUT2D eigenvalue weighted by molar-refractivity contribution is 0.0699. The molecule has 6 heteroatoms. The van der Waals surface area contributed by atoms with Crippen LogP contribution in [-0.4, -0.2) is 46.1 Å². The van der Waals surface area contributed by atoms with Gasteiger partial charge >= 0.3 is 6.16 Å². The van der Waals surface area contributed by atoms with E-state index in [0.29, 0.717) is 12.8 Å². The van der Waals surface area contributed by atoms with Crippen LogP contribution < -0.4 is 0 Å². The van der Waals surface area contributed by atoms with Crippen molar-refractivity contribution in [1.82, 2.24) is 0 Å². The van der Waals surface area contributed by atoms with Crippen molar-refractivity contribution in [3.63, 3.8) is 0 Å². The third kappa shape index (κ3) is 7.44. The summed E-state index contributed by atoms with van der Waals surface area (Å²) in [5.74, 6) is 0. The average molecular weight is 329 g/mol. The minimum atomic E-state index is -1.63. The molecule has 114 valence electrons. The molecule has 0 aliphatic heterocycles. The molecule has 0 aliphatic rings. The summed E-state index contributed by atoms with van der Waals surface area (Å²) in [6.45, 7) is 15.7. The highest BCUT2D eigenvalue weighted by molar-refractivity contribution is 6.89. The van der Waals surface area contributed by atoms with Gasteiger partial charge in [-0.05, 0) is 25.4 Å². The van der Waals surface area contributed by atoms with Crippen molar-refractivity contribution < 1.29 is 14.3 Å². The van der Waals surface area contributed by atoms with Gasteiger partial charge in [0, 0.05) is 9.52 Å². The van der Waals surface area contributed by atoms with Crippen LogP contribution in [0, 0.1) is 0 Å². The molecule has 0 N–H and O–H groups in total. The van der Waals surface area contributed by atoms with Crippen LogP contribution in [-0.2, 0) is 9.47 Å². The van der Waals surface area contributed by atoms with E-state index in [1.807, 2.05) is 0 Å². The number of rotatable bonds is 8. The summed E-state index contributed by atoms with van der Waals surface area (Å²) in [6, 6.07) is 0. The second kappa shape index (κ2) is 8.84. The molecule has 0 amide bonds. The van der Waals surface area contributed by atoms with Gasteiger partial charge in [-0.1, -0.05) is 38.2 Å². The summed E-state index contributed by atoms with van der Waals surface area (Å²) in [4.78, 5) is 11.3. The fraction of sp³-hybridized carbons (Fsp3) is 0.786. The Kier molecular flexibility index (Phi) is 8.69. The second-order valence-corrected chi connectivity index (χ2v) is 15.8. The highest BCUT2D eigenvalue weighted by Crippen LogP contribution is 2.36. The summed E-state index contributed by atoms with van der Waals surface area (Å²) in [6.07, 6.45) is 0.0102. The van der Waals surface area contributed by atoms with E-state index in [1.165, 1.54) is 11.2 Å². The molecular formula is C14H28O3Si3. The smallest absolute Gasteiger partial charge is 0.438 e. The van der Waals surface area contributed by atoms with E-state index in [-0.39, 0.29) is 4.66 Å². The monoisotopic (exact) mass is 328 g/mol. The van der Waals surface area contributed by atoms with Crippen LogP contribution >= 0.6 is 0 Å². The van der Waals surface area contributed by atoms with Gasteiger partial charge in [-0.15, -0.1) is 5.70 Å². The van der Waals surface area contributed by atoms with Crippen LogP contribution in [0.15, 0.2) is 11.3 Å². The zero-order chi connectivity index (χ0) is 15.8. The number of allylic oxidation sites excluding steroid dienone is 1. The largest absolute Gasteiger partial charge is 0.507 e. The standard InChI is InChI=1S/C14H28O3Si3/c1-8-16-13(15)17-10-20(6,7)14(4,5)19-11-18-9-12(2)3/h9H,8,10-11H2,1-7H3. The molecule has 0 spiro atoms. The van der Waals surface area contributed by atoms with E-state index in [1.54, 1.807) is 6.92 Å². The maximum atomic E-state index is 11.3. The van der Waals surface area contributed by atoms with Crippen LogP contribution in [0.25, 0.3) is 0 Å². The van der Waals surface area contributed by atoms with Gasteiger partial charge in [-0.25, -0.2) is 4.79 Å². The summed E-state index contributed by atoms with van der Waals surface area (Å²) in [7, 11) is 0.187. The van der Waals surface area contributed by atoms with Crippen molar-refractivity contribution in [1.29, 1.82) is 0 Å². The molecule has 4 radical (unpaired) electrons. The van der Waals surface area contributed by atoms with Crippen LogP contribution in [0.1, 0.15) is 34.6 Å². The highest BCUT2D eigenvalue weighted by atomic mass is 28.4. The molecule has 0 saturated carbocycles. The first-order valence-corrected chi connectivity index (χ1v) is 12.7. The van der Waals surface area contributed by atoms with Crippen molar-refractivity contribution in [2.75, 3.05) is 12.8 Å². The summed E-state index contributed by atoms with van der Waals surface area (Å²) < 4.78 is 10.4. The molecule has 0 unspecified atom stereocenters. The highest BCUT2D eigenvalue weighted by Gasteiger charge is 2.40. The maximum absolute atomic E-state index is 11.3. The van der Waals surface area contributed by atoms with Crippen LogP contribution in [0.2, 0.25) is 23.4 Å². The van der Waals surface area contributed by atoms with Gasteiger partial charge in [0.1, 0.15) is 0 Å². The molecule has 0 fully saturated rings. The lowest BCUT2D eigenvalue weighted by atomic mass is 10.4. The van der Waals surface area contributed by atoms with Crippen molar-refractivity contribution in [3.8, 4) is 0 Å². The van der Waals surface area contributed by atoms with Crippen molar-refractivity contribution >= 4 is 33.3 Å². The van der Waals surface area contributed by atoms with Crippen molar-refractivity contribution in [2.24, 2.45) is 0 Å². The van der Waals surface area contributed by atoms with Gasteiger partial charge in [-0.3, -0.25) is 0 Å². The lowest BCUT2D eigenvalue weighted by Crippen LogP contribution is -2.47. The fourth-order valence-electron chi connectivity index (χ4n) is 1.35. The Bertz CT molecular complexity index is 335. The van der Waals surface area contributed by atoms with Crippen molar-refractivity contribution in [2.45, 2.75) is 58.0 Å². The molecule has 0 bridgehead atoms. The fourth-order valence-corrected chi connectivity index (χ4v) is 8.10. The van der Waals surface area contributed by atoms with E-state index in [0.717, 1.165) is 19.0 Å².